The van der Waals surface area contributed by atoms with E-state index in [-0.39, 0.29) is 5.91 Å². The van der Waals surface area contributed by atoms with Crippen LogP contribution in [0, 0.1) is 15.4 Å². The van der Waals surface area contributed by atoms with Crippen LogP contribution in [0.3, 0.4) is 0 Å². The van der Waals surface area contributed by atoms with Crippen molar-refractivity contribution in [2.45, 2.75) is 20.3 Å². The third-order valence-electron chi connectivity index (χ3n) is 3.46. The largest absolute Gasteiger partial charge is 0.324 e. The number of hydrogen-bond donors (Lipinski definition) is 1. The molecule has 1 aliphatic heterocycles. The number of hydrogen-bond acceptors (Lipinski definition) is 2. The first-order chi connectivity index (χ1) is 9.04. The fraction of sp³-hybridized carbons (Fsp3) is 0.533. The molecule has 1 amide bonds. The normalized spacial score (nSPS) is 24.2. The van der Waals surface area contributed by atoms with Crippen LogP contribution in [0.1, 0.15) is 20.3 Å². The zero-order valence-corrected chi connectivity index (χ0v) is 13.7. The van der Waals surface area contributed by atoms with E-state index in [4.69, 9.17) is 0 Å². The van der Waals surface area contributed by atoms with Crippen molar-refractivity contribution >= 4 is 34.2 Å². The van der Waals surface area contributed by atoms with E-state index in [0.717, 1.165) is 22.3 Å². The minimum absolute atomic E-state index is 0.0883. The topological polar surface area (TPSA) is 32.3 Å². The highest BCUT2D eigenvalue weighted by Gasteiger charge is 2.23. The molecular weight excluding hydrogens is 351 g/mol. The minimum Gasteiger partial charge on any atom is -0.324 e. The van der Waals surface area contributed by atoms with E-state index >= 15 is 0 Å². The maximum atomic E-state index is 12.1. The van der Waals surface area contributed by atoms with Crippen LogP contribution in [0.15, 0.2) is 24.3 Å². The molecule has 1 fully saturated rings. The van der Waals surface area contributed by atoms with Gasteiger partial charge >= 0.3 is 0 Å². The SMILES string of the molecule is C[C@H]1C[C@H](C)CN(CC(=O)Nc2ccccc2I)C1. The second-order valence-corrected chi connectivity index (χ2v) is 6.83. The number of anilines is 1. The number of carbonyl (C=O) groups excluding carboxylic acids is 1. The first-order valence-corrected chi connectivity index (χ1v) is 7.89. The van der Waals surface area contributed by atoms with E-state index in [0.29, 0.717) is 18.4 Å². The van der Waals surface area contributed by atoms with Gasteiger partial charge in [0.15, 0.2) is 0 Å². The van der Waals surface area contributed by atoms with Gasteiger partial charge in [-0.15, -0.1) is 0 Å². The molecule has 0 spiro atoms. The Kier molecular flexibility index (Phi) is 5.21. The summed E-state index contributed by atoms with van der Waals surface area (Å²) in [5, 5.41) is 3.00. The van der Waals surface area contributed by atoms with Crippen molar-refractivity contribution in [3.8, 4) is 0 Å². The molecule has 3 nitrogen and oxygen atoms in total. The lowest BCUT2D eigenvalue weighted by Gasteiger charge is -2.34. The van der Waals surface area contributed by atoms with Crippen LogP contribution >= 0.6 is 22.6 Å². The Hall–Kier alpha value is -0.620. The number of nitrogens with one attached hydrogen (secondary N) is 1. The van der Waals surface area contributed by atoms with Crippen molar-refractivity contribution < 1.29 is 4.79 Å². The average Bonchev–Trinajstić information content (AvgIpc) is 2.30. The molecule has 1 saturated heterocycles. The zero-order valence-electron chi connectivity index (χ0n) is 11.5. The van der Waals surface area contributed by atoms with Crippen molar-refractivity contribution in [1.29, 1.82) is 0 Å². The standard InChI is InChI=1S/C15H21IN2O/c1-11-7-12(2)9-18(8-11)10-15(19)17-14-6-4-3-5-13(14)16/h3-6,11-12H,7-10H2,1-2H3,(H,17,19)/t11-,12-/m0/s1. The van der Waals surface area contributed by atoms with Gasteiger partial charge in [-0.1, -0.05) is 26.0 Å². The Bertz CT molecular complexity index is 440. The molecule has 1 heterocycles. The van der Waals surface area contributed by atoms with Gasteiger partial charge in [0.2, 0.25) is 5.91 Å². The lowest BCUT2D eigenvalue weighted by Crippen LogP contribution is -2.42. The summed E-state index contributed by atoms with van der Waals surface area (Å²) in [5.41, 5.74) is 0.909. The van der Waals surface area contributed by atoms with Gasteiger partial charge in [-0.05, 0) is 53.0 Å². The van der Waals surface area contributed by atoms with Crippen molar-refractivity contribution in [1.82, 2.24) is 4.90 Å². The van der Waals surface area contributed by atoms with Crippen LogP contribution in [0.25, 0.3) is 0 Å². The molecule has 0 bridgehead atoms. The summed E-state index contributed by atoms with van der Waals surface area (Å²) < 4.78 is 1.08. The smallest absolute Gasteiger partial charge is 0.238 e. The van der Waals surface area contributed by atoms with Crippen LogP contribution in [0.4, 0.5) is 5.69 Å². The van der Waals surface area contributed by atoms with Gasteiger partial charge in [0, 0.05) is 16.7 Å². The van der Waals surface area contributed by atoms with E-state index in [2.05, 4.69) is 46.7 Å². The number of amides is 1. The molecule has 19 heavy (non-hydrogen) atoms. The minimum atomic E-state index is 0.0883. The van der Waals surface area contributed by atoms with Crippen LogP contribution in [0.2, 0.25) is 0 Å². The first kappa shape index (κ1) is 14.8. The molecule has 1 aliphatic rings. The molecule has 1 aromatic rings. The van der Waals surface area contributed by atoms with Crippen LogP contribution in [0.5, 0.6) is 0 Å². The van der Waals surface area contributed by atoms with Gasteiger partial charge in [-0.25, -0.2) is 0 Å². The molecule has 1 N–H and O–H groups in total. The predicted octanol–water partition coefficient (Wildman–Crippen LogP) is 3.21. The number of halogens is 1. The summed E-state index contributed by atoms with van der Waals surface area (Å²) in [4.78, 5) is 14.4. The quantitative estimate of drug-likeness (QED) is 0.827. The summed E-state index contributed by atoms with van der Waals surface area (Å²) in [6, 6.07) is 7.87. The molecule has 2 rings (SSSR count). The molecule has 104 valence electrons. The van der Waals surface area contributed by atoms with Crippen molar-refractivity contribution in [2.24, 2.45) is 11.8 Å². The van der Waals surface area contributed by atoms with Crippen molar-refractivity contribution in [3.05, 3.63) is 27.8 Å². The van der Waals surface area contributed by atoms with Gasteiger partial charge in [0.05, 0.1) is 12.2 Å². The average molecular weight is 372 g/mol. The molecule has 0 saturated carbocycles. The Morgan fingerprint density at radius 2 is 1.95 bits per heavy atom. The fourth-order valence-electron chi connectivity index (χ4n) is 2.88. The van der Waals surface area contributed by atoms with Gasteiger partial charge in [-0.3, -0.25) is 9.69 Å². The zero-order chi connectivity index (χ0) is 13.8. The first-order valence-electron chi connectivity index (χ1n) is 6.81. The summed E-state index contributed by atoms with van der Waals surface area (Å²) in [5.74, 6) is 1.47. The van der Waals surface area contributed by atoms with Crippen LogP contribution in [-0.2, 0) is 4.79 Å². The second kappa shape index (κ2) is 6.70. The van der Waals surface area contributed by atoms with Gasteiger partial charge in [0.25, 0.3) is 0 Å². The monoisotopic (exact) mass is 372 g/mol. The Morgan fingerprint density at radius 3 is 2.58 bits per heavy atom. The lowest BCUT2D eigenvalue weighted by atomic mass is 9.92. The molecule has 0 unspecified atom stereocenters. The van der Waals surface area contributed by atoms with Gasteiger partial charge in [0.1, 0.15) is 0 Å². The van der Waals surface area contributed by atoms with Crippen LogP contribution in [-0.4, -0.2) is 30.4 Å². The molecule has 2 atom stereocenters. The highest BCUT2D eigenvalue weighted by Crippen LogP contribution is 2.21. The molecule has 4 heteroatoms. The maximum Gasteiger partial charge on any atom is 0.238 e. The Morgan fingerprint density at radius 1 is 1.32 bits per heavy atom. The van der Waals surface area contributed by atoms with Gasteiger partial charge < -0.3 is 5.32 Å². The summed E-state index contributed by atoms with van der Waals surface area (Å²) in [6.45, 7) is 7.09. The number of benzene rings is 1. The van der Waals surface area contributed by atoms with Crippen molar-refractivity contribution in [2.75, 3.05) is 25.0 Å². The number of nitrogens with zero attached hydrogens (tertiary/aromatic N) is 1. The summed E-state index contributed by atoms with van der Waals surface area (Å²) in [7, 11) is 0. The third kappa shape index (κ3) is 4.45. The van der Waals surface area contributed by atoms with E-state index in [1.54, 1.807) is 0 Å². The van der Waals surface area contributed by atoms with Gasteiger partial charge in [-0.2, -0.15) is 0 Å². The van der Waals surface area contributed by atoms with E-state index < -0.39 is 0 Å². The fourth-order valence-corrected chi connectivity index (χ4v) is 3.40. The number of piperidine rings is 1. The van der Waals surface area contributed by atoms with E-state index in [1.807, 2.05) is 24.3 Å². The Balaban J connectivity index is 1.89. The molecule has 0 aliphatic carbocycles. The van der Waals surface area contributed by atoms with Crippen molar-refractivity contribution in [3.63, 3.8) is 0 Å². The van der Waals surface area contributed by atoms with E-state index in [1.165, 1.54) is 6.42 Å². The Labute approximate surface area is 128 Å². The van der Waals surface area contributed by atoms with E-state index in [9.17, 15) is 4.79 Å². The molecule has 1 aromatic carbocycles. The number of rotatable bonds is 3. The number of likely N-dealkylation sites (tertiary alicyclic amines) is 1. The lowest BCUT2D eigenvalue weighted by molar-refractivity contribution is -0.117. The number of para-hydroxylation sites is 1. The predicted molar refractivity (Wildman–Crippen MR) is 87.2 cm³/mol. The summed E-state index contributed by atoms with van der Waals surface area (Å²) in [6.07, 6.45) is 1.27. The van der Waals surface area contributed by atoms with Crippen LogP contribution < -0.4 is 5.32 Å². The second-order valence-electron chi connectivity index (χ2n) is 5.67. The molecular formula is C15H21IN2O. The molecule has 0 radical (unpaired) electrons. The highest BCUT2D eigenvalue weighted by atomic mass is 127. The maximum absolute atomic E-state index is 12.1. The summed E-state index contributed by atoms with van der Waals surface area (Å²) >= 11 is 2.24. The third-order valence-corrected chi connectivity index (χ3v) is 4.40. The molecule has 0 aromatic heterocycles. The highest BCUT2D eigenvalue weighted by molar-refractivity contribution is 14.1. The number of carbonyl (C=O) groups is 1.